The van der Waals surface area contributed by atoms with E-state index >= 15 is 0 Å². The average Bonchev–Trinajstić information content (AvgIpc) is 2.63. The van der Waals surface area contributed by atoms with Crippen LogP contribution in [0.2, 0.25) is 0 Å². The molecular formula is C9H10N4O. The van der Waals surface area contributed by atoms with Gasteiger partial charge in [-0.3, -0.25) is 4.68 Å². The van der Waals surface area contributed by atoms with Gasteiger partial charge in [0.05, 0.1) is 6.20 Å². The van der Waals surface area contributed by atoms with Crippen LogP contribution in [0.25, 0.3) is 0 Å². The van der Waals surface area contributed by atoms with Crippen LogP contribution in [0.5, 0.6) is 6.01 Å². The molecule has 0 aliphatic carbocycles. The Labute approximate surface area is 81.4 Å². The zero-order valence-corrected chi connectivity index (χ0v) is 7.79. The van der Waals surface area contributed by atoms with E-state index in [0.29, 0.717) is 12.6 Å². The highest BCUT2D eigenvalue weighted by Gasteiger charge is 1.98. The number of aromatic nitrogens is 4. The molecule has 0 atom stereocenters. The monoisotopic (exact) mass is 190 g/mol. The largest absolute Gasteiger partial charge is 0.458 e. The number of ether oxygens (including phenoxy) is 1. The molecule has 0 spiro atoms. The summed E-state index contributed by atoms with van der Waals surface area (Å²) in [5.74, 6) is 0. The predicted molar refractivity (Wildman–Crippen MR) is 49.6 cm³/mol. The normalized spacial score (nSPS) is 10.1. The summed E-state index contributed by atoms with van der Waals surface area (Å²) in [6.45, 7) is 0.442. The van der Waals surface area contributed by atoms with E-state index in [1.165, 1.54) is 0 Å². The molecule has 0 saturated heterocycles. The first-order valence-corrected chi connectivity index (χ1v) is 4.22. The molecule has 72 valence electrons. The molecule has 0 bridgehead atoms. The van der Waals surface area contributed by atoms with Gasteiger partial charge in [0.1, 0.15) is 6.61 Å². The third-order valence-corrected chi connectivity index (χ3v) is 1.67. The lowest BCUT2D eigenvalue weighted by Gasteiger charge is -2.00. The molecule has 0 N–H and O–H groups in total. The van der Waals surface area contributed by atoms with Crippen LogP contribution >= 0.6 is 0 Å². The molecule has 14 heavy (non-hydrogen) atoms. The number of rotatable bonds is 3. The summed E-state index contributed by atoms with van der Waals surface area (Å²) in [7, 11) is 1.86. The zero-order valence-electron chi connectivity index (χ0n) is 7.79. The standard InChI is InChI=1S/C9H10N4O/c1-13-6-8(5-12-13)7-14-9-10-3-2-4-11-9/h2-6H,7H2,1H3. The van der Waals surface area contributed by atoms with Gasteiger partial charge in [-0.1, -0.05) is 0 Å². The molecule has 0 saturated carbocycles. The number of aryl methyl sites for hydroxylation is 1. The van der Waals surface area contributed by atoms with Crippen LogP contribution in [0.4, 0.5) is 0 Å². The lowest BCUT2D eigenvalue weighted by molar-refractivity contribution is 0.280. The maximum atomic E-state index is 5.33. The summed E-state index contributed by atoms with van der Waals surface area (Å²) in [5, 5.41) is 4.02. The maximum absolute atomic E-state index is 5.33. The van der Waals surface area contributed by atoms with E-state index in [9.17, 15) is 0 Å². The highest BCUT2D eigenvalue weighted by atomic mass is 16.5. The van der Waals surface area contributed by atoms with E-state index in [1.807, 2.05) is 13.2 Å². The van der Waals surface area contributed by atoms with Crippen LogP contribution < -0.4 is 4.74 Å². The number of hydrogen-bond donors (Lipinski definition) is 0. The minimum atomic E-state index is 0.386. The number of hydrogen-bond acceptors (Lipinski definition) is 4. The Kier molecular flexibility index (Phi) is 2.40. The summed E-state index contributed by atoms with van der Waals surface area (Å²) >= 11 is 0. The molecule has 2 aromatic rings. The van der Waals surface area contributed by atoms with E-state index in [-0.39, 0.29) is 0 Å². The topological polar surface area (TPSA) is 52.8 Å². The minimum Gasteiger partial charge on any atom is -0.458 e. The van der Waals surface area contributed by atoms with Gasteiger partial charge in [0.25, 0.3) is 0 Å². The first kappa shape index (κ1) is 8.68. The summed E-state index contributed by atoms with van der Waals surface area (Å²) in [4.78, 5) is 7.88. The summed E-state index contributed by atoms with van der Waals surface area (Å²) in [5.41, 5.74) is 1.000. The van der Waals surface area contributed by atoms with Crippen LogP contribution in [0, 0.1) is 0 Å². The quantitative estimate of drug-likeness (QED) is 0.718. The van der Waals surface area contributed by atoms with Crippen molar-refractivity contribution in [1.29, 1.82) is 0 Å². The van der Waals surface area contributed by atoms with Crippen molar-refractivity contribution >= 4 is 0 Å². The average molecular weight is 190 g/mol. The molecule has 0 unspecified atom stereocenters. The van der Waals surface area contributed by atoms with Crippen molar-refractivity contribution in [2.24, 2.45) is 7.05 Å². The third kappa shape index (κ3) is 2.07. The fraction of sp³-hybridized carbons (Fsp3) is 0.222. The molecule has 5 nitrogen and oxygen atoms in total. The molecule has 0 fully saturated rings. The molecule has 0 amide bonds. The molecular weight excluding hydrogens is 180 g/mol. The van der Waals surface area contributed by atoms with Crippen LogP contribution in [0.1, 0.15) is 5.56 Å². The molecule has 2 aromatic heterocycles. The van der Waals surface area contributed by atoms with Crippen LogP contribution in [-0.2, 0) is 13.7 Å². The van der Waals surface area contributed by atoms with Crippen molar-refractivity contribution in [1.82, 2.24) is 19.7 Å². The van der Waals surface area contributed by atoms with Crippen LogP contribution in [-0.4, -0.2) is 19.7 Å². The van der Waals surface area contributed by atoms with Gasteiger partial charge in [0.2, 0.25) is 0 Å². The van der Waals surface area contributed by atoms with Gasteiger partial charge in [-0.05, 0) is 6.07 Å². The summed E-state index contributed by atoms with van der Waals surface area (Å²) in [6, 6.07) is 2.13. The van der Waals surface area contributed by atoms with Gasteiger partial charge < -0.3 is 4.74 Å². The molecule has 2 rings (SSSR count). The Hall–Kier alpha value is -1.91. The van der Waals surface area contributed by atoms with Gasteiger partial charge in [-0.2, -0.15) is 5.10 Å². The zero-order chi connectivity index (χ0) is 9.80. The second kappa shape index (κ2) is 3.87. The molecule has 0 aliphatic heterocycles. The fourth-order valence-corrected chi connectivity index (χ4v) is 1.05. The Morgan fingerprint density at radius 3 is 2.79 bits per heavy atom. The smallest absolute Gasteiger partial charge is 0.316 e. The minimum absolute atomic E-state index is 0.386. The van der Waals surface area contributed by atoms with Gasteiger partial charge in [-0.15, -0.1) is 0 Å². The predicted octanol–water partition coefficient (Wildman–Crippen LogP) is 0.789. The molecule has 5 heteroatoms. The van der Waals surface area contributed by atoms with Gasteiger partial charge in [0.15, 0.2) is 0 Å². The summed E-state index contributed by atoms with van der Waals surface area (Å²) < 4.78 is 7.06. The second-order valence-corrected chi connectivity index (χ2v) is 2.84. The van der Waals surface area contributed by atoms with Crippen molar-refractivity contribution < 1.29 is 4.74 Å². The van der Waals surface area contributed by atoms with Gasteiger partial charge in [-0.25, -0.2) is 9.97 Å². The highest BCUT2D eigenvalue weighted by molar-refractivity contribution is 5.03. The van der Waals surface area contributed by atoms with Gasteiger partial charge >= 0.3 is 6.01 Å². The van der Waals surface area contributed by atoms with E-state index in [2.05, 4.69) is 15.1 Å². The molecule has 0 radical (unpaired) electrons. The van der Waals surface area contributed by atoms with Crippen LogP contribution in [0.15, 0.2) is 30.9 Å². The fourth-order valence-electron chi connectivity index (χ4n) is 1.05. The Balaban J connectivity index is 1.95. The molecule has 0 aromatic carbocycles. The van der Waals surface area contributed by atoms with Gasteiger partial charge in [0, 0.05) is 31.2 Å². The van der Waals surface area contributed by atoms with Crippen molar-refractivity contribution in [3.63, 3.8) is 0 Å². The summed E-state index contributed by atoms with van der Waals surface area (Å²) in [6.07, 6.45) is 6.93. The van der Waals surface area contributed by atoms with E-state index in [0.717, 1.165) is 5.56 Å². The lowest BCUT2D eigenvalue weighted by Crippen LogP contribution is -1.97. The van der Waals surface area contributed by atoms with Crippen molar-refractivity contribution in [3.05, 3.63) is 36.4 Å². The Morgan fingerprint density at radius 2 is 2.14 bits per heavy atom. The number of nitrogens with zero attached hydrogens (tertiary/aromatic N) is 4. The van der Waals surface area contributed by atoms with Crippen molar-refractivity contribution in [3.8, 4) is 6.01 Å². The first-order valence-electron chi connectivity index (χ1n) is 4.22. The van der Waals surface area contributed by atoms with Crippen molar-refractivity contribution in [2.75, 3.05) is 0 Å². The molecule has 2 heterocycles. The SMILES string of the molecule is Cn1cc(COc2ncccn2)cn1. The Morgan fingerprint density at radius 1 is 1.36 bits per heavy atom. The van der Waals surface area contributed by atoms with Crippen molar-refractivity contribution in [2.45, 2.75) is 6.61 Å². The van der Waals surface area contributed by atoms with E-state index in [1.54, 1.807) is 29.3 Å². The van der Waals surface area contributed by atoms with E-state index < -0.39 is 0 Å². The Bertz CT molecular complexity index is 398. The molecule has 0 aliphatic rings. The first-order chi connectivity index (χ1) is 6.84. The lowest BCUT2D eigenvalue weighted by atomic mass is 10.4. The highest BCUT2D eigenvalue weighted by Crippen LogP contribution is 2.03. The maximum Gasteiger partial charge on any atom is 0.316 e. The van der Waals surface area contributed by atoms with E-state index in [4.69, 9.17) is 4.74 Å². The second-order valence-electron chi connectivity index (χ2n) is 2.84. The van der Waals surface area contributed by atoms with Crippen LogP contribution in [0.3, 0.4) is 0 Å². The third-order valence-electron chi connectivity index (χ3n) is 1.67.